The normalized spacial score (nSPS) is 11.7. The van der Waals surface area contributed by atoms with Crippen molar-refractivity contribution in [1.82, 2.24) is 0 Å². The van der Waals surface area contributed by atoms with E-state index in [1.54, 1.807) is 12.1 Å². The van der Waals surface area contributed by atoms with Crippen LogP contribution in [0.15, 0.2) is 48.5 Å². The van der Waals surface area contributed by atoms with Crippen LogP contribution in [-0.2, 0) is 0 Å². The average molecular weight is 286 g/mol. The average Bonchev–Trinajstić information content (AvgIpc) is 2.53. The van der Waals surface area contributed by atoms with Gasteiger partial charge in [-0.05, 0) is 23.6 Å². The number of benzene rings is 2. The fourth-order valence-electron chi connectivity index (χ4n) is 2.11. The molecule has 5 heteroatoms. The molecule has 2 aromatic rings. The first-order valence-corrected chi connectivity index (χ1v) is 6.73. The van der Waals surface area contributed by atoms with Gasteiger partial charge in [0.25, 0.3) is 0 Å². The highest BCUT2D eigenvalue weighted by Crippen LogP contribution is 2.30. The molecular formula is C16H18N2O3. The van der Waals surface area contributed by atoms with Gasteiger partial charge in [0.1, 0.15) is 0 Å². The third-order valence-corrected chi connectivity index (χ3v) is 3.36. The summed E-state index contributed by atoms with van der Waals surface area (Å²) in [6.45, 7) is 2.81. The van der Waals surface area contributed by atoms with Gasteiger partial charge in [0.2, 0.25) is 0 Å². The van der Waals surface area contributed by atoms with Crippen LogP contribution < -0.4 is 10.1 Å². The monoisotopic (exact) mass is 286 g/mol. The molecule has 1 atom stereocenters. The zero-order valence-electron chi connectivity index (χ0n) is 12.1. The summed E-state index contributed by atoms with van der Waals surface area (Å²) in [7, 11) is 1.42. The van der Waals surface area contributed by atoms with Crippen molar-refractivity contribution in [2.45, 2.75) is 12.8 Å². The van der Waals surface area contributed by atoms with Gasteiger partial charge >= 0.3 is 5.69 Å². The Morgan fingerprint density at radius 2 is 1.95 bits per heavy atom. The molecular weight excluding hydrogens is 268 g/mol. The highest BCUT2D eigenvalue weighted by molar-refractivity contribution is 5.58. The van der Waals surface area contributed by atoms with Crippen molar-refractivity contribution in [2.75, 3.05) is 19.0 Å². The SMILES string of the molecule is COc1ccc(NCC(C)c2ccccc2)cc1[N+](=O)[O-]. The quantitative estimate of drug-likeness (QED) is 0.647. The van der Waals surface area contributed by atoms with E-state index in [-0.39, 0.29) is 11.4 Å². The summed E-state index contributed by atoms with van der Waals surface area (Å²) >= 11 is 0. The lowest BCUT2D eigenvalue weighted by Crippen LogP contribution is -2.10. The van der Waals surface area contributed by atoms with E-state index in [0.29, 0.717) is 18.2 Å². The summed E-state index contributed by atoms with van der Waals surface area (Å²) in [4.78, 5) is 10.6. The van der Waals surface area contributed by atoms with Crippen LogP contribution in [0.4, 0.5) is 11.4 Å². The maximum atomic E-state index is 11.0. The number of nitro benzene ring substituents is 1. The largest absolute Gasteiger partial charge is 0.490 e. The standard InChI is InChI=1S/C16H18N2O3/c1-12(13-6-4-3-5-7-13)11-17-14-8-9-16(21-2)15(10-14)18(19)20/h3-10,12,17H,11H2,1-2H3. The van der Waals surface area contributed by atoms with E-state index in [9.17, 15) is 10.1 Å². The van der Waals surface area contributed by atoms with E-state index in [2.05, 4.69) is 24.4 Å². The first-order chi connectivity index (χ1) is 10.1. The van der Waals surface area contributed by atoms with E-state index >= 15 is 0 Å². The first kappa shape index (κ1) is 14.8. The predicted octanol–water partition coefficient (Wildman–Crippen LogP) is 3.82. The molecule has 2 rings (SSSR count). The molecule has 0 radical (unpaired) electrons. The van der Waals surface area contributed by atoms with Crippen molar-refractivity contribution in [3.05, 3.63) is 64.2 Å². The second-order valence-corrected chi connectivity index (χ2v) is 4.84. The van der Waals surface area contributed by atoms with Gasteiger partial charge in [-0.2, -0.15) is 0 Å². The van der Waals surface area contributed by atoms with Crippen molar-refractivity contribution in [3.63, 3.8) is 0 Å². The Labute approximate surface area is 123 Å². The summed E-state index contributed by atoms with van der Waals surface area (Å²) in [5.74, 6) is 0.578. The molecule has 0 amide bonds. The van der Waals surface area contributed by atoms with Crippen LogP contribution >= 0.6 is 0 Å². The van der Waals surface area contributed by atoms with Gasteiger partial charge in [-0.15, -0.1) is 0 Å². The molecule has 1 unspecified atom stereocenters. The summed E-state index contributed by atoms with van der Waals surface area (Å²) < 4.78 is 4.99. The Bertz CT molecular complexity index is 614. The van der Waals surface area contributed by atoms with E-state index in [4.69, 9.17) is 4.74 Å². The smallest absolute Gasteiger partial charge is 0.312 e. The Hall–Kier alpha value is -2.56. The maximum absolute atomic E-state index is 11.0. The van der Waals surface area contributed by atoms with Gasteiger partial charge in [0.15, 0.2) is 5.75 Å². The summed E-state index contributed by atoms with van der Waals surface area (Å²) in [5, 5.41) is 14.2. The Morgan fingerprint density at radius 3 is 2.57 bits per heavy atom. The molecule has 0 saturated heterocycles. The molecule has 21 heavy (non-hydrogen) atoms. The number of nitro groups is 1. The topological polar surface area (TPSA) is 64.4 Å². The molecule has 0 bridgehead atoms. The number of anilines is 1. The van der Waals surface area contributed by atoms with Gasteiger partial charge in [0.05, 0.1) is 12.0 Å². The van der Waals surface area contributed by atoms with E-state index in [1.807, 2.05) is 18.2 Å². The molecule has 0 aliphatic carbocycles. The highest BCUT2D eigenvalue weighted by atomic mass is 16.6. The highest BCUT2D eigenvalue weighted by Gasteiger charge is 2.15. The van der Waals surface area contributed by atoms with Gasteiger partial charge in [-0.1, -0.05) is 37.3 Å². The van der Waals surface area contributed by atoms with Gasteiger partial charge in [-0.3, -0.25) is 10.1 Å². The van der Waals surface area contributed by atoms with Crippen LogP contribution in [0, 0.1) is 10.1 Å². The molecule has 1 N–H and O–H groups in total. The molecule has 0 aromatic heterocycles. The van der Waals surface area contributed by atoms with Crippen molar-refractivity contribution in [3.8, 4) is 5.75 Å². The lowest BCUT2D eigenvalue weighted by Gasteiger charge is -2.14. The minimum Gasteiger partial charge on any atom is -0.490 e. The molecule has 0 saturated carbocycles. The van der Waals surface area contributed by atoms with Crippen LogP contribution in [0.5, 0.6) is 5.75 Å². The molecule has 0 aliphatic heterocycles. The fraction of sp³-hybridized carbons (Fsp3) is 0.250. The van der Waals surface area contributed by atoms with E-state index in [0.717, 1.165) is 0 Å². The molecule has 0 spiro atoms. The number of hydrogen-bond acceptors (Lipinski definition) is 4. The van der Waals surface area contributed by atoms with Crippen molar-refractivity contribution >= 4 is 11.4 Å². The van der Waals surface area contributed by atoms with E-state index < -0.39 is 4.92 Å². The second-order valence-electron chi connectivity index (χ2n) is 4.84. The lowest BCUT2D eigenvalue weighted by molar-refractivity contribution is -0.385. The fourth-order valence-corrected chi connectivity index (χ4v) is 2.11. The van der Waals surface area contributed by atoms with Crippen LogP contribution in [0.2, 0.25) is 0 Å². The zero-order chi connectivity index (χ0) is 15.2. The van der Waals surface area contributed by atoms with Crippen LogP contribution in [0.1, 0.15) is 18.4 Å². The molecule has 0 heterocycles. The Balaban J connectivity index is 2.07. The number of ether oxygens (including phenoxy) is 1. The maximum Gasteiger partial charge on any atom is 0.312 e. The molecule has 5 nitrogen and oxygen atoms in total. The third-order valence-electron chi connectivity index (χ3n) is 3.36. The molecule has 110 valence electrons. The van der Waals surface area contributed by atoms with Gasteiger partial charge in [-0.25, -0.2) is 0 Å². The second kappa shape index (κ2) is 6.74. The Kier molecular flexibility index (Phi) is 4.77. The van der Waals surface area contributed by atoms with Crippen molar-refractivity contribution in [2.24, 2.45) is 0 Å². The number of nitrogens with one attached hydrogen (secondary N) is 1. The van der Waals surface area contributed by atoms with Gasteiger partial charge in [0, 0.05) is 18.3 Å². The van der Waals surface area contributed by atoms with Crippen LogP contribution in [0.25, 0.3) is 0 Å². The summed E-state index contributed by atoms with van der Waals surface area (Å²) in [6, 6.07) is 15.0. The predicted molar refractivity (Wildman–Crippen MR) is 83.0 cm³/mol. The van der Waals surface area contributed by atoms with Crippen molar-refractivity contribution in [1.29, 1.82) is 0 Å². The molecule has 0 fully saturated rings. The third kappa shape index (κ3) is 3.72. The summed E-state index contributed by atoms with van der Waals surface area (Å²) in [6.07, 6.45) is 0. The first-order valence-electron chi connectivity index (χ1n) is 6.73. The lowest BCUT2D eigenvalue weighted by atomic mass is 10.0. The van der Waals surface area contributed by atoms with Crippen LogP contribution in [0.3, 0.4) is 0 Å². The molecule has 0 aliphatic rings. The Morgan fingerprint density at radius 1 is 1.24 bits per heavy atom. The molecule has 2 aromatic carbocycles. The number of hydrogen-bond donors (Lipinski definition) is 1. The number of rotatable bonds is 6. The van der Waals surface area contributed by atoms with Gasteiger partial charge < -0.3 is 10.1 Å². The van der Waals surface area contributed by atoms with E-state index in [1.165, 1.54) is 18.7 Å². The minimum atomic E-state index is -0.440. The minimum absolute atomic E-state index is 0.0325. The van der Waals surface area contributed by atoms with Crippen molar-refractivity contribution < 1.29 is 9.66 Å². The summed E-state index contributed by atoms with van der Waals surface area (Å²) in [5.41, 5.74) is 1.91. The number of nitrogens with zero attached hydrogens (tertiary/aromatic N) is 1. The number of methoxy groups -OCH3 is 1. The van der Waals surface area contributed by atoms with Crippen LogP contribution in [-0.4, -0.2) is 18.6 Å². The zero-order valence-corrected chi connectivity index (χ0v) is 12.1.